The van der Waals surface area contributed by atoms with Crippen LogP contribution in [-0.2, 0) is 78.5 Å². The maximum Gasteiger partial charge on any atom is -0.412 e. The van der Waals surface area contributed by atoms with Crippen LogP contribution in [0.5, 0.6) is 0 Å². The Bertz CT molecular complexity index is 1980. The number of hydrogen-bond donors (Lipinski definition) is 0. The van der Waals surface area contributed by atoms with Gasteiger partial charge in [0.2, 0.25) is 0 Å². The van der Waals surface area contributed by atoms with E-state index in [1.807, 2.05) is 0 Å². The molecule has 0 aliphatic rings. The number of benzene rings is 4. The zero-order chi connectivity index (χ0) is 55.1. The Balaban J connectivity index is 0.0000156. The van der Waals surface area contributed by atoms with Crippen molar-refractivity contribution in [2.45, 2.75) is 314 Å². The molecule has 0 bridgehead atoms. The van der Waals surface area contributed by atoms with Gasteiger partial charge < -0.3 is 5.48 Å². The van der Waals surface area contributed by atoms with Crippen LogP contribution in [0.1, 0.15) is 304 Å². The molecule has 4 rings (SSSR count). The molecule has 0 aliphatic heterocycles. The SMILES string of the molecule is CCCCc1cc(CCCC)[c]([Sn]([O][Sn]([Br])([c]2c(CCCC)cc(CCCC)cc2CCCC)[c]2c(CCCC)cc(CCCC)cc2CCCC)[c]2c(CCCC)cc(CCCC)cc2CCCC)c(CCCC)c1.O. The van der Waals surface area contributed by atoms with Gasteiger partial charge in [-0.25, -0.2) is 0 Å². The molecule has 0 atom stereocenters. The maximum atomic E-state index is 9.55. The van der Waals surface area contributed by atoms with Crippen molar-refractivity contribution >= 4 is 63.8 Å². The number of hydrogen-bond acceptors (Lipinski definition) is 1. The third-order valence-corrected chi connectivity index (χ3v) is 53.3. The standard InChI is InChI=1S/4C18H29.BrH.H2O.O.2Sn/c4*1-4-7-10-16-13-17(11-8-5-2)15-18(14-16)12-9-6-3;;;;;/h4*13-14H,4-12H2,1-3H3;1H;1H2;;;/q;;;;;;;;+1/p-1. The topological polar surface area (TPSA) is 40.7 Å². The Morgan fingerprint density at radius 3 is 0.649 bits per heavy atom. The van der Waals surface area contributed by atoms with Crippen LogP contribution in [0, 0.1) is 0 Å². The van der Waals surface area contributed by atoms with Gasteiger partial charge >= 0.3 is 495 Å². The normalized spacial score (nSPS) is 11.8. The molecular weight excluding hydrogens is 1210 g/mol. The molecule has 0 aliphatic carbocycles. The fraction of sp³-hybridized carbons (Fsp3) is 0.667. The summed E-state index contributed by atoms with van der Waals surface area (Å²) in [6, 6.07) is 22.1. The Labute approximate surface area is 495 Å². The van der Waals surface area contributed by atoms with Crippen molar-refractivity contribution in [3.8, 4) is 0 Å². The van der Waals surface area contributed by atoms with Crippen LogP contribution in [-0.4, -0.2) is 42.2 Å². The van der Waals surface area contributed by atoms with Gasteiger partial charge in [-0.2, -0.15) is 0 Å². The Morgan fingerprint density at radius 1 is 0.286 bits per heavy atom. The molecule has 0 saturated carbocycles. The van der Waals surface area contributed by atoms with E-state index in [9.17, 15) is 1.41 Å². The van der Waals surface area contributed by atoms with Crippen LogP contribution in [0.4, 0.5) is 0 Å². The molecule has 4 aromatic carbocycles. The summed E-state index contributed by atoms with van der Waals surface area (Å²) in [6.07, 6.45) is 43.5. The van der Waals surface area contributed by atoms with E-state index >= 15 is 0 Å². The summed E-state index contributed by atoms with van der Waals surface area (Å²) in [7, 11) is 0. The molecule has 2 nitrogen and oxygen atoms in total. The number of aryl methyl sites for hydroxylation is 12. The molecule has 0 fully saturated rings. The van der Waals surface area contributed by atoms with Gasteiger partial charge in [-0.3, -0.25) is 0 Å². The summed E-state index contributed by atoms with van der Waals surface area (Å²) in [4.78, 5) is 0. The first-order chi connectivity index (χ1) is 37.1. The largest absolute Gasteiger partial charge is 0.412 e. The average Bonchev–Trinajstić information content (AvgIpc) is 3.48. The van der Waals surface area contributed by atoms with Gasteiger partial charge in [-0.05, 0) is 0 Å². The molecule has 5 heteroatoms. The maximum absolute atomic E-state index is 9.55. The van der Waals surface area contributed by atoms with Crippen molar-refractivity contribution in [2.24, 2.45) is 0 Å². The van der Waals surface area contributed by atoms with E-state index < -0.39 is 36.7 Å². The predicted octanol–water partition coefficient (Wildman–Crippen LogP) is 18.7. The van der Waals surface area contributed by atoms with Crippen LogP contribution in [0.25, 0.3) is 0 Å². The van der Waals surface area contributed by atoms with Crippen LogP contribution < -0.4 is 14.3 Å². The minimum atomic E-state index is -4.58. The van der Waals surface area contributed by atoms with Crippen molar-refractivity contribution in [1.82, 2.24) is 0 Å². The van der Waals surface area contributed by atoms with E-state index in [-0.39, 0.29) is 5.48 Å². The number of rotatable bonds is 42. The molecule has 2 N–H and O–H groups in total. The van der Waals surface area contributed by atoms with Crippen molar-refractivity contribution in [3.63, 3.8) is 0 Å². The van der Waals surface area contributed by atoms with E-state index in [0.717, 1.165) is 51.4 Å². The minimum absolute atomic E-state index is 0. The van der Waals surface area contributed by atoms with Crippen LogP contribution in [0.3, 0.4) is 0 Å². The predicted molar refractivity (Wildman–Crippen MR) is 353 cm³/mol. The summed E-state index contributed by atoms with van der Waals surface area (Å²) < 4.78 is 16.5. The molecule has 433 valence electrons. The number of halogens is 1. The molecule has 0 saturated heterocycles. The first-order valence-electron chi connectivity index (χ1n) is 32.9. The van der Waals surface area contributed by atoms with E-state index in [0.29, 0.717) is 0 Å². The second-order valence-corrected chi connectivity index (χ2v) is 46.4. The molecule has 0 heterocycles. The number of unbranched alkanes of at least 4 members (excludes halogenated alkanes) is 12. The van der Waals surface area contributed by atoms with Gasteiger partial charge in [0.15, 0.2) is 0 Å². The van der Waals surface area contributed by atoms with Gasteiger partial charge in [0.1, 0.15) is 0 Å². The summed E-state index contributed by atoms with van der Waals surface area (Å²) in [6.45, 7) is 28.9. The van der Waals surface area contributed by atoms with Gasteiger partial charge in [0.05, 0.1) is 0 Å². The summed E-state index contributed by atoms with van der Waals surface area (Å²) in [5, 5.41) is 0. The van der Waals surface area contributed by atoms with Crippen LogP contribution in [0.15, 0.2) is 48.5 Å². The zero-order valence-electron chi connectivity index (χ0n) is 52.4. The zero-order valence-corrected chi connectivity index (χ0v) is 59.7. The van der Waals surface area contributed by atoms with E-state index in [1.165, 1.54) is 180 Å². The van der Waals surface area contributed by atoms with Crippen molar-refractivity contribution < 1.29 is 6.89 Å². The summed E-state index contributed by atoms with van der Waals surface area (Å²) in [5.41, 5.74) is 19.6. The average molecular weight is 1330 g/mol. The monoisotopic (exact) mass is 1330 g/mol. The molecule has 0 aromatic heterocycles. The molecular formula is C72H118BrO2Sn2. The molecule has 77 heavy (non-hydrogen) atoms. The Hall–Kier alpha value is -1.12. The van der Waals surface area contributed by atoms with Crippen LogP contribution >= 0.6 is 12.7 Å². The van der Waals surface area contributed by atoms with Gasteiger partial charge in [-0.15, -0.1) is 0 Å². The fourth-order valence-corrected chi connectivity index (χ4v) is 55.2. The first-order valence-corrected chi connectivity index (χ1v) is 47.4. The smallest absolute Gasteiger partial charge is 0.412 e. The van der Waals surface area contributed by atoms with Crippen molar-refractivity contribution in [3.05, 3.63) is 115 Å². The quantitative estimate of drug-likeness (QED) is 0.0408. The van der Waals surface area contributed by atoms with Gasteiger partial charge in [0.25, 0.3) is 0 Å². The molecule has 0 spiro atoms. The Kier molecular flexibility index (Phi) is 36.6. The van der Waals surface area contributed by atoms with Crippen molar-refractivity contribution in [2.75, 3.05) is 0 Å². The van der Waals surface area contributed by atoms with E-state index in [1.54, 1.807) is 81.1 Å². The van der Waals surface area contributed by atoms with Gasteiger partial charge in [-0.1, -0.05) is 0 Å². The second kappa shape index (κ2) is 40.2. The summed E-state index contributed by atoms with van der Waals surface area (Å²) >= 11 is -2.75. The van der Waals surface area contributed by atoms with Crippen LogP contribution in [0.2, 0.25) is 0 Å². The summed E-state index contributed by atoms with van der Waals surface area (Å²) in [5.74, 6) is 0. The molecule has 4 aromatic rings. The van der Waals surface area contributed by atoms with E-state index in [2.05, 4.69) is 132 Å². The van der Waals surface area contributed by atoms with Crippen molar-refractivity contribution in [1.29, 1.82) is 0 Å². The fourth-order valence-electron chi connectivity index (χ4n) is 12.0. The molecule has 0 unspecified atom stereocenters. The third-order valence-electron chi connectivity index (χ3n) is 16.5. The molecule has 1 radical (unpaired) electrons. The van der Waals surface area contributed by atoms with Gasteiger partial charge in [0, 0.05) is 0 Å². The molecule has 0 amide bonds. The third kappa shape index (κ3) is 21.5. The first kappa shape index (κ1) is 70.1. The second-order valence-electron chi connectivity index (χ2n) is 23.4. The minimum Gasteiger partial charge on any atom is -0.412 e. The Morgan fingerprint density at radius 2 is 0.455 bits per heavy atom. The van der Waals surface area contributed by atoms with E-state index in [4.69, 9.17) is 12.7 Å².